The summed E-state index contributed by atoms with van der Waals surface area (Å²) in [6.07, 6.45) is 2.43. The summed E-state index contributed by atoms with van der Waals surface area (Å²) in [5, 5.41) is 0. The number of hydrogen-bond acceptors (Lipinski definition) is 3. The van der Waals surface area contributed by atoms with Crippen LogP contribution in [0.4, 0.5) is 5.82 Å². The number of benzene rings is 1. The average molecular weight is 336 g/mol. The van der Waals surface area contributed by atoms with Crippen LogP contribution in [0.15, 0.2) is 22.7 Å². The highest BCUT2D eigenvalue weighted by molar-refractivity contribution is 9.10. The Bertz CT molecular complexity index is 647. The van der Waals surface area contributed by atoms with Gasteiger partial charge in [0.05, 0.1) is 7.11 Å². The zero-order valence-corrected chi connectivity index (χ0v) is 13.3. The molecule has 20 heavy (non-hydrogen) atoms. The van der Waals surface area contributed by atoms with Crippen LogP contribution in [0.3, 0.4) is 0 Å². The number of aromatic nitrogens is 2. The Labute approximate surface area is 127 Å². The van der Waals surface area contributed by atoms with Crippen molar-refractivity contribution in [1.82, 2.24) is 9.55 Å². The van der Waals surface area contributed by atoms with Crippen molar-refractivity contribution in [3.8, 4) is 17.0 Å². The zero-order chi connectivity index (χ0) is 14.3. The number of imidazole rings is 1. The van der Waals surface area contributed by atoms with Crippen LogP contribution in [0.5, 0.6) is 5.75 Å². The first-order chi connectivity index (χ1) is 9.65. The van der Waals surface area contributed by atoms with Crippen LogP contribution < -0.4 is 10.5 Å². The molecular weight excluding hydrogens is 318 g/mol. The smallest absolute Gasteiger partial charge is 0.131 e. The Morgan fingerprint density at radius 1 is 1.45 bits per heavy atom. The Balaban J connectivity index is 2.14. The number of methoxy groups -OCH3 is 1. The van der Waals surface area contributed by atoms with E-state index in [4.69, 9.17) is 15.5 Å². The number of rotatable bonds is 4. The first-order valence-corrected chi connectivity index (χ1v) is 7.64. The van der Waals surface area contributed by atoms with Crippen LogP contribution in [-0.2, 0) is 6.54 Å². The van der Waals surface area contributed by atoms with Gasteiger partial charge >= 0.3 is 0 Å². The lowest BCUT2D eigenvalue weighted by Gasteiger charge is -2.07. The molecule has 1 aromatic carbocycles. The molecule has 1 aliphatic rings. The third-order valence-electron chi connectivity index (χ3n) is 3.72. The minimum atomic E-state index is 0.579. The van der Waals surface area contributed by atoms with Crippen LogP contribution in [0.25, 0.3) is 11.3 Å². The highest BCUT2D eigenvalue weighted by atomic mass is 79.9. The summed E-state index contributed by atoms with van der Waals surface area (Å²) < 4.78 is 8.40. The van der Waals surface area contributed by atoms with Gasteiger partial charge < -0.3 is 15.0 Å². The van der Waals surface area contributed by atoms with Gasteiger partial charge in [0.25, 0.3) is 0 Å². The van der Waals surface area contributed by atoms with Crippen molar-refractivity contribution < 1.29 is 4.74 Å². The van der Waals surface area contributed by atoms with Crippen LogP contribution in [-0.4, -0.2) is 16.7 Å². The molecule has 0 radical (unpaired) electrons. The molecule has 0 saturated heterocycles. The van der Waals surface area contributed by atoms with Crippen LogP contribution >= 0.6 is 15.9 Å². The van der Waals surface area contributed by atoms with E-state index in [1.807, 2.05) is 18.2 Å². The lowest BCUT2D eigenvalue weighted by Crippen LogP contribution is -2.04. The molecule has 1 fully saturated rings. The van der Waals surface area contributed by atoms with E-state index in [9.17, 15) is 0 Å². The molecule has 2 aromatic rings. The summed E-state index contributed by atoms with van der Waals surface area (Å²) in [6.45, 7) is 2.96. The summed E-state index contributed by atoms with van der Waals surface area (Å²) in [4.78, 5) is 4.80. The van der Waals surface area contributed by atoms with Gasteiger partial charge in [-0.05, 0) is 38.0 Å². The summed E-state index contributed by atoms with van der Waals surface area (Å²) in [5.74, 6) is 3.25. The van der Waals surface area contributed by atoms with Gasteiger partial charge in [0, 0.05) is 22.5 Å². The van der Waals surface area contributed by atoms with Crippen LogP contribution in [0.2, 0.25) is 0 Å². The number of hydrogen-bond donors (Lipinski definition) is 1. The molecule has 0 atom stereocenters. The third-order valence-corrected chi connectivity index (χ3v) is 4.42. The Morgan fingerprint density at radius 2 is 2.20 bits per heavy atom. The first-order valence-electron chi connectivity index (χ1n) is 6.85. The second-order valence-corrected chi connectivity index (χ2v) is 5.92. The lowest BCUT2D eigenvalue weighted by molar-refractivity contribution is 0.415. The predicted octanol–water partition coefficient (Wildman–Crippen LogP) is 3.80. The zero-order valence-electron chi connectivity index (χ0n) is 11.7. The fourth-order valence-electron chi connectivity index (χ4n) is 2.48. The molecule has 0 unspecified atom stereocenters. The fraction of sp³-hybridized carbons (Fsp3) is 0.400. The monoisotopic (exact) mass is 335 g/mol. The van der Waals surface area contributed by atoms with E-state index in [1.54, 1.807) is 7.11 Å². The summed E-state index contributed by atoms with van der Waals surface area (Å²) in [7, 11) is 1.66. The molecule has 3 rings (SSSR count). The molecule has 1 aliphatic carbocycles. The summed E-state index contributed by atoms with van der Waals surface area (Å²) >= 11 is 3.58. The van der Waals surface area contributed by atoms with Crippen molar-refractivity contribution in [2.45, 2.75) is 32.2 Å². The van der Waals surface area contributed by atoms with Gasteiger partial charge in [-0.1, -0.05) is 15.9 Å². The maximum atomic E-state index is 6.31. The van der Waals surface area contributed by atoms with Crippen LogP contribution in [0, 0.1) is 0 Å². The third kappa shape index (κ3) is 2.20. The Hall–Kier alpha value is -1.49. The van der Waals surface area contributed by atoms with E-state index in [0.29, 0.717) is 5.92 Å². The van der Waals surface area contributed by atoms with Gasteiger partial charge in [-0.15, -0.1) is 0 Å². The van der Waals surface area contributed by atoms with Crippen LogP contribution in [0.1, 0.15) is 31.5 Å². The number of nitrogens with zero attached hydrogens (tertiary/aromatic N) is 2. The Morgan fingerprint density at radius 3 is 2.80 bits per heavy atom. The molecule has 0 bridgehead atoms. The van der Waals surface area contributed by atoms with Gasteiger partial charge in [-0.2, -0.15) is 0 Å². The average Bonchev–Trinajstić information content (AvgIpc) is 3.24. The van der Waals surface area contributed by atoms with E-state index in [0.717, 1.165) is 39.7 Å². The van der Waals surface area contributed by atoms with Gasteiger partial charge in [-0.25, -0.2) is 4.98 Å². The molecule has 2 N–H and O–H groups in total. The molecule has 0 spiro atoms. The highest BCUT2D eigenvalue weighted by Gasteiger charge is 2.30. The van der Waals surface area contributed by atoms with Crippen molar-refractivity contribution in [2.75, 3.05) is 12.8 Å². The van der Waals surface area contributed by atoms with Crippen molar-refractivity contribution in [3.63, 3.8) is 0 Å². The lowest BCUT2D eigenvalue weighted by atomic mass is 10.1. The molecule has 106 valence electrons. The molecule has 0 aliphatic heterocycles. The fourth-order valence-corrected chi connectivity index (χ4v) is 2.91. The van der Waals surface area contributed by atoms with Gasteiger partial charge in [0.1, 0.15) is 23.1 Å². The van der Waals surface area contributed by atoms with Crippen molar-refractivity contribution in [3.05, 3.63) is 28.5 Å². The molecule has 1 aromatic heterocycles. The molecule has 5 heteroatoms. The number of ether oxygens (including phenoxy) is 1. The summed E-state index contributed by atoms with van der Waals surface area (Å²) in [6, 6.07) is 5.86. The van der Waals surface area contributed by atoms with E-state index in [2.05, 4.69) is 27.4 Å². The van der Waals surface area contributed by atoms with Crippen molar-refractivity contribution >= 4 is 21.7 Å². The second-order valence-electron chi connectivity index (χ2n) is 5.07. The van der Waals surface area contributed by atoms with Crippen molar-refractivity contribution in [2.24, 2.45) is 0 Å². The van der Waals surface area contributed by atoms with Gasteiger partial charge in [0.2, 0.25) is 0 Å². The maximum Gasteiger partial charge on any atom is 0.131 e. The predicted molar refractivity (Wildman–Crippen MR) is 84.0 cm³/mol. The quantitative estimate of drug-likeness (QED) is 0.924. The maximum absolute atomic E-state index is 6.31. The number of anilines is 1. The molecular formula is C15H18BrN3O. The summed E-state index contributed by atoms with van der Waals surface area (Å²) in [5.41, 5.74) is 8.14. The highest BCUT2D eigenvalue weighted by Crippen LogP contribution is 2.43. The largest absolute Gasteiger partial charge is 0.497 e. The normalized spacial score (nSPS) is 14.6. The minimum absolute atomic E-state index is 0.579. The van der Waals surface area contributed by atoms with Crippen molar-refractivity contribution in [1.29, 1.82) is 0 Å². The number of nitrogen functional groups attached to an aromatic ring is 1. The standard InChI is InChI=1S/C15H18BrN3O/c1-3-19-14(17)13(18-15(19)9-4-5-9)11-8-10(20-2)6-7-12(11)16/h6-9H,3-5,17H2,1-2H3. The first kappa shape index (κ1) is 13.5. The molecule has 1 heterocycles. The van der Waals surface area contributed by atoms with E-state index in [-0.39, 0.29) is 0 Å². The van der Waals surface area contributed by atoms with E-state index < -0.39 is 0 Å². The molecule has 0 amide bonds. The van der Waals surface area contributed by atoms with E-state index >= 15 is 0 Å². The molecule has 1 saturated carbocycles. The topological polar surface area (TPSA) is 53.1 Å². The number of nitrogens with two attached hydrogens (primary N) is 1. The van der Waals surface area contributed by atoms with Gasteiger partial charge in [0.15, 0.2) is 0 Å². The van der Waals surface area contributed by atoms with E-state index in [1.165, 1.54) is 12.8 Å². The minimum Gasteiger partial charge on any atom is -0.497 e. The SMILES string of the molecule is CCn1c(C2CC2)nc(-c2cc(OC)ccc2Br)c1N. The number of halogens is 1. The molecule has 4 nitrogen and oxygen atoms in total. The second kappa shape index (κ2) is 5.13. The Kier molecular flexibility index (Phi) is 3.46. The van der Waals surface area contributed by atoms with Gasteiger partial charge in [-0.3, -0.25) is 0 Å².